The van der Waals surface area contributed by atoms with Gasteiger partial charge in [0.1, 0.15) is 0 Å². The summed E-state index contributed by atoms with van der Waals surface area (Å²) in [6, 6.07) is 0.208. The van der Waals surface area contributed by atoms with Crippen molar-refractivity contribution < 1.29 is 9.53 Å². The number of carbonyl (C=O) groups excluding carboxylic acids is 1. The molecule has 0 bridgehead atoms. The molecule has 2 N–H and O–H groups in total. The molecule has 0 atom stereocenters. The van der Waals surface area contributed by atoms with Gasteiger partial charge in [0.2, 0.25) is 5.91 Å². The molecule has 106 valence electrons. The molecular formula is C14H28N2O2. The Bertz CT molecular complexity index is 261. The summed E-state index contributed by atoms with van der Waals surface area (Å²) < 4.78 is 5.06. The van der Waals surface area contributed by atoms with Crippen LogP contribution in [0.3, 0.4) is 0 Å². The minimum Gasteiger partial charge on any atom is -0.383 e. The lowest BCUT2D eigenvalue weighted by Gasteiger charge is -2.36. The van der Waals surface area contributed by atoms with Gasteiger partial charge >= 0.3 is 0 Å². The standard InChI is InChI=1S/C14H28N2O2/c1-12(2)16(9-10-18-3)13(17)11-14(15)7-5-4-6-8-14/h12H,4-11,15H2,1-3H3. The summed E-state index contributed by atoms with van der Waals surface area (Å²) in [5.41, 5.74) is 6.08. The van der Waals surface area contributed by atoms with Gasteiger partial charge in [-0.25, -0.2) is 0 Å². The first-order valence-electron chi connectivity index (χ1n) is 7.06. The van der Waals surface area contributed by atoms with E-state index in [0.29, 0.717) is 19.6 Å². The first kappa shape index (κ1) is 15.4. The maximum absolute atomic E-state index is 12.4. The molecule has 0 heterocycles. The van der Waals surface area contributed by atoms with Crippen LogP contribution in [0.15, 0.2) is 0 Å². The van der Waals surface area contributed by atoms with Gasteiger partial charge in [-0.3, -0.25) is 4.79 Å². The van der Waals surface area contributed by atoms with Crippen molar-refractivity contribution >= 4 is 5.91 Å². The summed E-state index contributed by atoms with van der Waals surface area (Å²) in [6.07, 6.45) is 6.01. The molecule has 1 amide bonds. The Kier molecular flexibility index (Phi) is 6.09. The summed E-state index contributed by atoms with van der Waals surface area (Å²) in [5, 5.41) is 0. The van der Waals surface area contributed by atoms with E-state index in [0.717, 1.165) is 25.7 Å². The van der Waals surface area contributed by atoms with Gasteiger partial charge in [-0.1, -0.05) is 19.3 Å². The van der Waals surface area contributed by atoms with Gasteiger partial charge in [-0.05, 0) is 26.7 Å². The highest BCUT2D eigenvalue weighted by Gasteiger charge is 2.32. The molecule has 1 rings (SSSR count). The van der Waals surface area contributed by atoms with E-state index >= 15 is 0 Å². The average molecular weight is 256 g/mol. The predicted octanol–water partition coefficient (Wildman–Crippen LogP) is 1.92. The molecule has 0 aliphatic heterocycles. The maximum Gasteiger partial charge on any atom is 0.224 e. The van der Waals surface area contributed by atoms with Crippen molar-refractivity contribution in [3.63, 3.8) is 0 Å². The van der Waals surface area contributed by atoms with E-state index in [2.05, 4.69) is 0 Å². The van der Waals surface area contributed by atoms with Crippen molar-refractivity contribution in [1.82, 2.24) is 4.90 Å². The van der Waals surface area contributed by atoms with Crippen molar-refractivity contribution in [1.29, 1.82) is 0 Å². The summed E-state index contributed by atoms with van der Waals surface area (Å²) >= 11 is 0. The first-order valence-corrected chi connectivity index (χ1v) is 7.06. The van der Waals surface area contributed by atoms with Gasteiger partial charge in [0.15, 0.2) is 0 Å². The summed E-state index contributed by atoms with van der Waals surface area (Å²) in [4.78, 5) is 14.2. The molecular weight excluding hydrogens is 228 g/mol. The van der Waals surface area contributed by atoms with E-state index in [1.165, 1.54) is 6.42 Å². The van der Waals surface area contributed by atoms with Crippen LogP contribution in [0.1, 0.15) is 52.4 Å². The molecule has 1 aliphatic rings. The smallest absolute Gasteiger partial charge is 0.224 e. The van der Waals surface area contributed by atoms with Gasteiger partial charge in [0.25, 0.3) is 0 Å². The van der Waals surface area contributed by atoms with Crippen LogP contribution < -0.4 is 5.73 Å². The molecule has 0 saturated heterocycles. The van der Waals surface area contributed by atoms with Crippen LogP contribution in [0.5, 0.6) is 0 Å². The number of methoxy groups -OCH3 is 1. The number of nitrogens with zero attached hydrogens (tertiary/aromatic N) is 1. The Labute approximate surface area is 111 Å². The van der Waals surface area contributed by atoms with Crippen molar-refractivity contribution in [2.45, 2.75) is 64.0 Å². The summed E-state index contributed by atoms with van der Waals surface area (Å²) in [5.74, 6) is 0.173. The van der Waals surface area contributed by atoms with Crippen LogP contribution in [0.2, 0.25) is 0 Å². The maximum atomic E-state index is 12.4. The number of nitrogens with two attached hydrogens (primary N) is 1. The number of hydrogen-bond donors (Lipinski definition) is 1. The molecule has 4 nitrogen and oxygen atoms in total. The van der Waals surface area contributed by atoms with Gasteiger partial charge in [0.05, 0.1) is 6.61 Å². The molecule has 0 unspecified atom stereocenters. The Hall–Kier alpha value is -0.610. The van der Waals surface area contributed by atoms with Gasteiger partial charge in [-0.2, -0.15) is 0 Å². The highest BCUT2D eigenvalue weighted by Crippen LogP contribution is 2.29. The fourth-order valence-corrected chi connectivity index (χ4v) is 2.70. The van der Waals surface area contributed by atoms with Crippen molar-refractivity contribution in [3.05, 3.63) is 0 Å². The molecule has 0 radical (unpaired) electrons. The predicted molar refractivity (Wildman–Crippen MR) is 73.3 cm³/mol. The zero-order valence-electron chi connectivity index (χ0n) is 12.1. The van der Waals surface area contributed by atoms with Crippen molar-refractivity contribution in [2.75, 3.05) is 20.3 Å². The lowest BCUT2D eigenvalue weighted by atomic mass is 9.80. The topological polar surface area (TPSA) is 55.6 Å². The van der Waals surface area contributed by atoms with E-state index in [-0.39, 0.29) is 17.5 Å². The second-order valence-corrected chi connectivity index (χ2v) is 5.77. The number of rotatable bonds is 6. The third-order valence-corrected chi connectivity index (χ3v) is 3.83. The number of amides is 1. The van der Waals surface area contributed by atoms with E-state index < -0.39 is 0 Å². The van der Waals surface area contributed by atoms with Crippen LogP contribution in [-0.2, 0) is 9.53 Å². The van der Waals surface area contributed by atoms with Gasteiger partial charge in [0, 0.05) is 31.7 Å². The van der Waals surface area contributed by atoms with E-state index in [1.54, 1.807) is 7.11 Å². The van der Waals surface area contributed by atoms with Crippen LogP contribution >= 0.6 is 0 Å². The van der Waals surface area contributed by atoms with Crippen LogP contribution in [-0.4, -0.2) is 42.6 Å². The minimum atomic E-state index is -0.268. The molecule has 0 spiro atoms. The van der Waals surface area contributed by atoms with Crippen LogP contribution in [0.25, 0.3) is 0 Å². The zero-order valence-corrected chi connectivity index (χ0v) is 12.1. The third-order valence-electron chi connectivity index (χ3n) is 3.83. The van der Waals surface area contributed by atoms with Crippen LogP contribution in [0.4, 0.5) is 0 Å². The summed E-state index contributed by atoms with van der Waals surface area (Å²) in [6.45, 7) is 5.32. The Morgan fingerprint density at radius 2 is 1.94 bits per heavy atom. The van der Waals surface area contributed by atoms with E-state index in [4.69, 9.17) is 10.5 Å². The molecule has 0 aromatic carbocycles. The summed E-state index contributed by atoms with van der Waals surface area (Å²) in [7, 11) is 1.66. The fraction of sp³-hybridized carbons (Fsp3) is 0.929. The average Bonchev–Trinajstić information content (AvgIpc) is 2.29. The highest BCUT2D eigenvalue weighted by molar-refractivity contribution is 5.77. The van der Waals surface area contributed by atoms with E-state index in [1.807, 2.05) is 18.7 Å². The third kappa shape index (κ3) is 4.58. The lowest BCUT2D eigenvalue weighted by molar-refractivity contribution is -0.135. The quantitative estimate of drug-likeness (QED) is 0.790. The number of carbonyl (C=O) groups is 1. The SMILES string of the molecule is COCCN(C(=O)CC1(N)CCCCC1)C(C)C. The number of hydrogen-bond acceptors (Lipinski definition) is 3. The molecule has 1 aliphatic carbocycles. The minimum absolute atomic E-state index is 0.173. The van der Waals surface area contributed by atoms with Crippen LogP contribution in [0, 0.1) is 0 Å². The number of ether oxygens (including phenoxy) is 1. The van der Waals surface area contributed by atoms with Crippen molar-refractivity contribution in [3.8, 4) is 0 Å². The molecule has 1 saturated carbocycles. The normalized spacial score (nSPS) is 18.9. The lowest BCUT2D eigenvalue weighted by Crippen LogP contribution is -2.49. The van der Waals surface area contributed by atoms with Gasteiger partial charge < -0.3 is 15.4 Å². The monoisotopic (exact) mass is 256 g/mol. The Morgan fingerprint density at radius 3 is 2.44 bits per heavy atom. The largest absolute Gasteiger partial charge is 0.383 e. The zero-order chi connectivity index (χ0) is 13.6. The Morgan fingerprint density at radius 1 is 1.33 bits per heavy atom. The Balaban J connectivity index is 2.54. The molecule has 0 aromatic rings. The molecule has 18 heavy (non-hydrogen) atoms. The molecule has 1 fully saturated rings. The highest BCUT2D eigenvalue weighted by atomic mass is 16.5. The van der Waals surface area contributed by atoms with Gasteiger partial charge in [-0.15, -0.1) is 0 Å². The van der Waals surface area contributed by atoms with E-state index in [9.17, 15) is 4.79 Å². The first-order chi connectivity index (χ1) is 8.48. The molecule has 4 heteroatoms. The second-order valence-electron chi connectivity index (χ2n) is 5.77. The second kappa shape index (κ2) is 7.10. The molecule has 0 aromatic heterocycles. The van der Waals surface area contributed by atoms with Crippen molar-refractivity contribution in [2.24, 2.45) is 5.73 Å². The fourth-order valence-electron chi connectivity index (χ4n) is 2.70.